The summed E-state index contributed by atoms with van der Waals surface area (Å²) < 4.78 is 49.7. The number of aryl methyl sites for hydroxylation is 2. The average molecular weight is 548 g/mol. The van der Waals surface area contributed by atoms with Crippen LogP contribution in [-0.4, -0.2) is 73.4 Å². The summed E-state index contributed by atoms with van der Waals surface area (Å²) >= 11 is 6.46. The minimum atomic E-state index is -4.76. The van der Waals surface area contributed by atoms with E-state index in [1.807, 2.05) is 20.2 Å². The van der Waals surface area contributed by atoms with Crippen LogP contribution in [0, 0.1) is 6.92 Å². The van der Waals surface area contributed by atoms with Crippen molar-refractivity contribution < 1.29 is 22.7 Å². The Morgan fingerprint density at radius 2 is 1.87 bits per heavy atom. The summed E-state index contributed by atoms with van der Waals surface area (Å²) in [7, 11) is 3.33. The number of piperazine rings is 1. The largest absolute Gasteiger partial charge is 0.497 e. The normalized spacial score (nSPS) is 14.9. The number of rotatable bonds is 5. The number of ether oxygens (including phenoxy) is 1. The summed E-state index contributed by atoms with van der Waals surface area (Å²) in [5.41, 5.74) is 0.902. The lowest BCUT2D eigenvalue weighted by Crippen LogP contribution is -2.48. The van der Waals surface area contributed by atoms with E-state index in [0.717, 1.165) is 17.3 Å². The van der Waals surface area contributed by atoms with E-state index in [1.54, 1.807) is 33.8 Å². The Kier molecular flexibility index (Phi) is 6.78. The minimum absolute atomic E-state index is 0.0313. The predicted molar refractivity (Wildman–Crippen MR) is 134 cm³/mol. The van der Waals surface area contributed by atoms with Gasteiger partial charge in [-0.05, 0) is 25.1 Å². The summed E-state index contributed by atoms with van der Waals surface area (Å²) in [5, 5.41) is 8.12. The second-order valence-corrected chi connectivity index (χ2v) is 9.51. The monoisotopic (exact) mass is 547 g/mol. The Balaban J connectivity index is 1.43. The maximum atomic E-state index is 14.0. The molecule has 200 valence electrons. The zero-order chi connectivity index (χ0) is 27.2. The number of amides is 1. The van der Waals surface area contributed by atoms with Crippen LogP contribution in [0.25, 0.3) is 16.9 Å². The van der Waals surface area contributed by atoms with Gasteiger partial charge in [0.05, 0.1) is 18.5 Å². The first-order chi connectivity index (χ1) is 18.0. The zero-order valence-corrected chi connectivity index (χ0v) is 21.7. The topological polar surface area (TPSA) is 80.8 Å². The molecule has 1 amide bonds. The molecule has 13 heteroatoms. The van der Waals surface area contributed by atoms with Gasteiger partial charge < -0.3 is 9.64 Å². The van der Waals surface area contributed by atoms with Gasteiger partial charge in [-0.1, -0.05) is 23.7 Å². The lowest BCUT2D eigenvalue weighted by Gasteiger charge is -2.34. The Labute approximate surface area is 221 Å². The number of hydrogen-bond acceptors (Lipinski definition) is 6. The second kappa shape index (κ2) is 9.91. The fraction of sp³-hybridized carbons (Fsp3) is 0.360. The molecule has 0 atom stereocenters. The molecule has 1 aliphatic heterocycles. The molecule has 4 aromatic rings. The molecule has 3 aromatic heterocycles. The number of aromatic nitrogens is 5. The van der Waals surface area contributed by atoms with Gasteiger partial charge in [0.1, 0.15) is 10.8 Å². The number of halogens is 4. The molecule has 0 bridgehead atoms. The number of alkyl halides is 3. The van der Waals surface area contributed by atoms with Crippen molar-refractivity contribution in [3.05, 3.63) is 64.2 Å². The highest BCUT2D eigenvalue weighted by Crippen LogP contribution is 2.35. The second-order valence-electron chi connectivity index (χ2n) is 9.14. The summed E-state index contributed by atoms with van der Waals surface area (Å²) in [6.45, 7) is 4.61. The molecule has 1 aliphatic rings. The molecule has 1 saturated heterocycles. The number of hydrogen-bond donors (Lipinski definition) is 0. The van der Waals surface area contributed by atoms with E-state index in [4.69, 9.17) is 16.3 Å². The SMILES string of the molecule is COc1cccc(-c2cc(C(F)(F)F)n3nc(C(=O)N4CCN(Cc5cn(C)nc5C)CC4)c(Cl)c3n2)c1. The molecule has 1 aromatic carbocycles. The maximum absolute atomic E-state index is 14.0. The third-order valence-electron chi connectivity index (χ3n) is 6.56. The smallest absolute Gasteiger partial charge is 0.433 e. The van der Waals surface area contributed by atoms with Crippen LogP contribution in [-0.2, 0) is 19.8 Å². The van der Waals surface area contributed by atoms with Crippen molar-refractivity contribution in [2.75, 3.05) is 33.3 Å². The summed E-state index contributed by atoms with van der Waals surface area (Å²) in [4.78, 5) is 21.4. The highest BCUT2D eigenvalue weighted by molar-refractivity contribution is 6.36. The number of carbonyl (C=O) groups excluding carboxylic acids is 1. The first kappa shape index (κ1) is 26.0. The van der Waals surface area contributed by atoms with Gasteiger partial charge in [-0.3, -0.25) is 14.4 Å². The van der Waals surface area contributed by atoms with Crippen LogP contribution in [0.3, 0.4) is 0 Å². The van der Waals surface area contributed by atoms with Gasteiger partial charge in [0.25, 0.3) is 5.91 Å². The Hall–Kier alpha value is -3.64. The Bertz CT molecular complexity index is 1510. The Morgan fingerprint density at radius 1 is 1.13 bits per heavy atom. The standard InChI is InChI=1S/C25H25ClF3N7O2/c1-15-17(13-33(2)31-15)14-34-7-9-35(10-8-34)24(37)22-21(26)23-30-19(16-5-4-6-18(11-16)38-3)12-20(25(27,28)29)36(23)32-22/h4-6,11-13H,7-10,14H2,1-3H3. The molecular formula is C25H25ClF3N7O2. The quantitative estimate of drug-likeness (QED) is 0.375. The van der Waals surface area contributed by atoms with Gasteiger partial charge in [0.2, 0.25) is 0 Å². The molecule has 38 heavy (non-hydrogen) atoms. The van der Waals surface area contributed by atoms with E-state index in [1.165, 1.54) is 7.11 Å². The van der Waals surface area contributed by atoms with Crippen molar-refractivity contribution >= 4 is 23.2 Å². The van der Waals surface area contributed by atoms with Gasteiger partial charge in [-0.15, -0.1) is 0 Å². The van der Waals surface area contributed by atoms with E-state index in [9.17, 15) is 18.0 Å². The highest BCUT2D eigenvalue weighted by Gasteiger charge is 2.37. The lowest BCUT2D eigenvalue weighted by molar-refractivity contribution is -0.142. The molecule has 4 heterocycles. The van der Waals surface area contributed by atoms with Crippen LogP contribution < -0.4 is 4.74 Å². The number of benzene rings is 1. The third-order valence-corrected chi connectivity index (χ3v) is 6.91. The predicted octanol–water partition coefficient (Wildman–Crippen LogP) is 4.08. The van der Waals surface area contributed by atoms with Crippen molar-refractivity contribution in [2.45, 2.75) is 19.6 Å². The fourth-order valence-electron chi connectivity index (χ4n) is 4.56. The molecule has 1 fully saturated rings. The van der Waals surface area contributed by atoms with Gasteiger partial charge in [-0.2, -0.15) is 23.4 Å². The average Bonchev–Trinajstić information content (AvgIpc) is 3.40. The van der Waals surface area contributed by atoms with Gasteiger partial charge in [0, 0.05) is 57.1 Å². The van der Waals surface area contributed by atoms with Gasteiger partial charge in [-0.25, -0.2) is 9.50 Å². The number of nitrogens with zero attached hydrogens (tertiary/aromatic N) is 7. The molecule has 9 nitrogen and oxygen atoms in total. The van der Waals surface area contributed by atoms with Crippen molar-refractivity contribution in [2.24, 2.45) is 7.05 Å². The van der Waals surface area contributed by atoms with Crippen LogP contribution >= 0.6 is 11.6 Å². The molecule has 5 rings (SSSR count). The highest BCUT2D eigenvalue weighted by atomic mass is 35.5. The maximum Gasteiger partial charge on any atom is 0.433 e. The van der Waals surface area contributed by atoms with Crippen LogP contribution in [0.4, 0.5) is 13.2 Å². The molecule has 0 unspecified atom stereocenters. The first-order valence-electron chi connectivity index (χ1n) is 11.9. The van der Waals surface area contributed by atoms with E-state index >= 15 is 0 Å². The molecule has 0 spiro atoms. The van der Waals surface area contributed by atoms with Crippen LogP contribution in [0.1, 0.15) is 27.4 Å². The number of methoxy groups -OCH3 is 1. The van der Waals surface area contributed by atoms with Crippen molar-refractivity contribution in [3.63, 3.8) is 0 Å². The molecule has 0 aliphatic carbocycles. The molecule has 0 saturated carbocycles. The number of fused-ring (bicyclic) bond motifs is 1. The Morgan fingerprint density at radius 3 is 2.50 bits per heavy atom. The molecule has 0 N–H and O–H groups in total. The number of carbonyl (C=O) groups is 1. The minimum Gasteiger partial charge on any atom is -0.497 e. The fourth-order valence-corrected chi connectivity index (χ4v) is 4.80. The van der Waals surface area contributed by atoms with Gasteiger partial charge in [0.15, 0.2) is 17.0 Å². The lowest BCUT2D eigenvalue weighted by atomic mass is 10.1. The van der Waals surface area contributed by atoms with E-state index in [0.29, 0.717) is 48.6 Å². The van der Waals surface area contributed by atoms with Crippen LogP contribution in [0.15, 0.2) is 36.5 Å². The van der Waals surface area contributed by atoms with Crippen molar-refractivity contribution in [1.82, 2.24) is 34.2 Å². The van der Waals surface area contributed by atoms with E-state index < -0.39 is 17.8 Å². The zero-order valence-electron chi connectivity index (χ0n) is 21.0. The third kappa shape index (κ3) is 4.93. The summed E-state index contributed by atoms with van der Waals surface area (Å²) in [6.07, 6.45) is -2.80. The van der Waals surface area contributed by atoms with E-state index in [2.05, 4.69) is 20.1 Å². The first-order valence-corrected chi connectivity index (χ1v) is 12.2. The summed E-state index contributed by atoms with van der Waals surface area (Å²) in [6, 6.07) is 7.40. The van der Waals surface area contributed by atoms with Crippen LogP contribution in [0.5, 0.6) is 5.75 Å². The van der Waals surface area contributed by atoms with Crippen molar-refractivity contribution in [3.8, 4) is 17.0 Å². The van der Waals surface area contributed by atoms with Crippen LogP contribution in [0.2, 0.25) is 5.02 Å². The van der Waals surface area contributed by atoms with Gasteiger partial charge >= 0.3 is 6.18 Å². The molecule has 0 radical (unpaired) electrons. The van der Waals surface area contributed by atoms with E-state index in [-0.39, 0.29) is 22.1 Å². The van der Waals surface area contributed by atoms with Crippen molar-refractivity contribution in [1.29, 1.82) is 0 Å². The summed E-state index contributed by atoms with van der Waals surface area (Å²) in [5.74, 6) is -0.0696. The molecular weight excluding hydrogens is 523 g/mol.